The fraction of sp³-hybridized carbons (Fsp3) is 0.765. The number of hydrogen-bond acceptors (Lipinski definition) is 1. The fourth-order valence-corrected chi connectivity index (χ4v) is 4.15. The molecule has 0 bridgehead atoms. The lowest BCUT2D eigenvalue weighted by molar-refractivity contribution is 0.0967. The smallest absolute Gasteiger partial charge is 0.0812 e. The molecule has 1 aromatic heterocycles. The van der Waals surface area contributed by atoms with Crippen LogP contribution in [0, 0.1) is 11.3 Å². The highest BCUT2D eigenvalue weighted by Gasteiger charge is 2.34. The highest BCUT2D eigenvalue weighted by molar-refractivity contribution is 5.29. The van der Waals surface area contributed by atoms with Gasteiger partial charge in [-0.1, -0.05) is 33.6 Å². The SMILES string of the molecule is CC1CCCC(n2ccc3c2CC(C)(C)CC3O)C1. The molecule has 19 heavy (non-hydrogen) atoms. The standard InChI is InChI=1S/C17H27NO/c1-12-5-4-6-13(9-12)18-8-7-14-15(18)10-17(2,3)11-16(14)19/h7-8,12-13,16,19H,4-6,9-11H2,1-3H3. The summed E-state index contributed by atoms with van der Waals surface area (Å²) >= 11 is 0. The van der Waals surface area contributed by atoms with E-state index in [-0.39, 0.29) is 11.5 Å². The third kappa shape index (κ3) is 2.47. The molecular weight excluding hydrogens is 234 g/mol. The zero-order valence-corrected chi connectivity index (χ0v) is 12.5. The van der Waals surface area contributed by atoms with Crippen molar-refractivity contribution in [3.8, 4) is 0 Å². The predicted molar refractivity (Wildman–Crippen MR) is 78.2 cm³/mol. The largest absolute Gasteiger partial charge is 0.388 e. The molecule has 0 amide bonds. The van der Waals surface area contributed by atoms with E-state index in [1.54, 1.807) is 0 Å². The lowest BCUT2D eigenvalue weighted by Gasteiger charge is -2.36. The molecule has 2 heteroatoms. The van der Waals surface area contributed by atoms with E-state index in [0.29, 0.717) is 6.04 Å². The third-order valence-electron chi connectivity index (χ3n) is 5.11. The summed E-state index contributed by atoms with van der Waals surface area (Å²) in [6, 6.07) is 2.82. The summed E-state index contributed by atoms with van der Waals surface area (Å²) in [6.45, 7) is 6.93. The molecule has 2 aliphatic rings. The minimum absolute atomic E-state index is 0.225. The molecule has 1 aromatic rings. The molecule has 0 aromatic carbocycles. The molecule has 0 spiro atoms. The van der Waals surface area contributed by atoms with Crippen LogP contribution in [-0.4, -0.2) is 9.67 Å². The fourth-order valence-electron chi connectivity index (χ4n) is 4.15. The molecule has 1 heterocycles. The van der Waals surface area contributed by atoms with E-state index in [1.807, 2.05) is 0 Å². The molecule has 2 aliphatic carbocycles. The number of aliphatic hydroxyl groups excluding tert-OH is 1. The number of aliphatic hydroxyl groups is 1. The zero-order valence-electron chi connectivity index (χ0n) is 12.5. The monoisotopic (exact) mass is 261 g/mol. The molecule has 3 unspecified atom stereocenters. The quantitative estimate of drug-likeness (QED) is 0.803. The van der Waals surface area contributed by atoms with Gasteiger partial charge in [0.2, 0.25) is 0 Å². The lowest BCUT2D eigenvalue weighted by Crippen LogP contribution is -2.28. The second-order valence-corrected chi connectivity index (χ2v) is 7.61. The summed E-state index contributed by atoms with van der Waals surface area (Å²) in [4.78, 5) is 0. The summed E-state index contributed by atoms with van der Waals surface area (Å²) in [5.41, 5.74) is 2.82. The van der Waals surface area contributed by atoms with Crippen molar-refractivity contribution in [1.29, 1.82) is 0 Å². The van der Waals surface area contributed by atoms with Crippen molar-refractivity contribution in [2.24, 2.45) is 11.3 Å². The average molecular weight is 261 g/mol. The van der Waals surface area contributed by atoms with Crippen LogP contribution in [0.3, 0.4) is 0 Å². The minimum Gasteiger partial charge on any atom is -0.388 e. The highest BCUT2D eigenvalue weighted by Crippen LogP contribution is 2.43. The van der Waals surface area contributed by atoms with E-state index in [9.17, 15) is 5.11 Å². The maximum Gasteiger partial charge on any atom is 0.0812 e. The van der Waals surface area contributed by atoms with Gasteiger partial charge in [-0.15, -0.1) is 0 Å². The first-order chi connectivity index (χ1) is 8.96. The Morgan fingerprint density at radius 3 is 2.84 bits per heavy atom. The number of nitrogens with zero attached hydrogens (tertiary/aromatic N) is 1. The predicted octanol–water partition coefficient (Wildman–Crippen LogP) is 4.25. The van der Waals surface area contributed by atoms with E-state index in [1.165, 1.54) is 36.9 Å². The minimum atomic E-state index is -0.263. The Hall–Kier alpha value is -0.760. The summed E-state index contributed by atoms with van der Waals surface area (Å²) < 4.78 is 2.50. The molecule has 0 radical (unpaired) electrons. The van der Waals surface area contributed by atoms with Crippen LogP contribution in [0.15, 0.2) is 12.3 Å². The molecule has 2 nitrogen and oxygen atoms in total. The Bertz CT molecular complexity index is 460. The Balaban J connectivity index is 1.92. The molecule has 0 saturated heterocycles. The van der Waals surface area contributed by atoms with Gasteiger partial charge in [0, 0.05) is 23.5 Å². The van der Waals surface area contributed by atoms with Crippen LogP contribution in [-0.2, 0) is 6.42 Å². The lowest BCUT2D eigenvalue weighted by atomic mass is 9.75. The maximum atomic E-state index is 10.3. The third-order valence-corrected chi connectivity index (χ3v) is 5.11. The Kier molecular flexibility index (Phi) is 3.24. The van der Waals surface area contributed by atoms with Crippen LogP contribution in [0.4, 0.5) is 0 Å². The van der Waals surface area contributed by atoms with Crippen molar-refractivity contribution in [3.63, 3.8) is 0 Å². The maximum absolute atomic E-state index is 10.3. The van der Waals surface area contributed by atoms with E-state index in [2.05, 4.69) is 37.6 Å². The van der Waals surface area contributed by atoms with Crippen LogP contribution in [0.25, 0.3) is 0 Å². The highest BCUT2D eigenvalue weighted by atomic mass is 16.3. The van der Waals surface area contributed by atoms with Crippen LogP contribution >= 0.6 is 0 Å². The van der Waals surface area contributed by atoms with Gasteiger partial charge in [-0.2, -0.15) is 0 Å². The first-order valence-corrected chi connectivity index (χ1v) is 7.84. The van der Waals surface area contributed by atoms with Crippen LogP contribution < -0.4 is 0 Å². The normalized spacial score (nSPS) is 34.0. The van der Waals surface area contributed by atoms with Crippen molar-refractivity contribution in [3.05, 3.63) is 23.5 Å². The topological polar surface area (TPSA) is 25.2 Å². The van der Waals surface area contributed by atoms with E-state index in [0.717, 1.165) is 18.8 Å². The first kappa shape index (κ1) is 13.2. The van der Waals surface area contributed by atoms with E-state index >= 15 is 0 Å². The summed E-state index contributed by atoms with van der Waals surface area (Å²) in [5.74, 6) is 0.846. The second kappa shape index (κ2) is 4.66. The van der Waals surface area contributed by atoms with Gasteiger partial charge in [-0.3, -0.25) is 0 Å². The molecular formula is C17H27NO. The molecule has 1 fully saturated rings. The Morgan fingerprint density at radius 1 is 1.32 bits per heavy atom. The Morgan fingerprint density at radius 2 is 2.11 bits per heavy atom. The molecule has 1 saturated carbocycles. The number of rotatable bonds is 1. The second-order valence-electron chi connectivity index (χ2n) is 7.61. The van der Waals surface area contributed by atoms with Gasteiger partial charge in [-0.05, 0) is 43.1 Å². The van der Waals surface area contributed by atoms with Crippen molar-refractivity contribution in [1.82, 2.24) is 4.57 Å². The van der Waals surface area contributed by atoms with Gasteiger partial charge >= 0.3 is 0 Å². The molecule has 0 aliphatic heterocycles. The van der Waals surface area contributed by atoms with Crippen LogP contribution in [0.2, 0.25) is 0 Å². The number of hydrogen-bond donors (Lipinski definition) is 1. The summed E-state index contributed by atoms with van der Waals surface area (Å²) in [5, 5.41) is 10.3. The molecule has 1 N–H and O–H groups in total. The van der Waals surface area contributed by atoms with Crippen molar-refractivity contribution in [2.75, 3.05) is 0 Å². The van der Waals surface area contributed by atoms with Gasteiger partial charge in [0.1, 0.15) is 0 Å². The van der Waals surface area contributed by atoms with Crippen LogP contribution in [0.1, 0.15) is 76.3 Å². The number of aromatic nitrogens is 1. The van der Waals surface area contributed by atoms with Crippen molar-refractivity contribution in [2.45, 2.75) is 71.4 Å². The summed E-state index contributed by atoms with van der Waals surface area (Å²) in [7, 11) is 0. The van der Waals surface area contributed by atoms with Gasteiger partial charge in [-0.25, -0.2) is 0 Å². The van der Waals surface area contributed by atoms with E-state index in [4.69, 9.17) is 0 Å². The van der Waals surface area contributed by atoms with Gasteiger partial charge in [0.05, 0.1) is 6.10 Å². The Labute approximate surface area is 116 Å². The molecule has 106 valence electrons. The van der Waals surface area contributed by atoms with Crippen molar-refractivity contribution >= 4 is 0 Å². The molecule has 3 atom stereocenters. The summed E-state index contributed by atoms with van der Waals surface area (Å²) in [6.07, 6.45) is 9.32. The van der Waals surface area contributed by atoms with E-state index < -0.39 is 0 Å². The first-order valence-electron chi connectivity index (χ1n) is 7.84. The van der Waals surface area contributed by atoms with Gasteiger partial charge < -0.3 is 9.67 Å². The average Bonchev–Trinajstić information content (AvgIpc) is 2.71. The van der Waals surface area contributed by atoms with Crippen molar-refractivity contribution < 1.29 is 5.11 Å². The molecule has 3 rings (SSSR count). The van der Waals surface area contributed by atoms with Crippen LogP contribution in [0.5, 0.6) is 0 Å². The van der Waals surface area contributed by atoms with Gasteiger partial charge in [0.25, 0.3) is 0 Å². The zero-order chi connectivity index (χ0) is 13.6. The van der Waals surface area contributed by atoms with Gasteiger partial charge in [0.15, 0.2) is 0 Å². The number of fused-ring (bicyclic) bond motifs is 1.